The number of hydrogen-bond acceptors (Lipinski definition) is 4. The van der Waals surface area contributed by atoms with E-state index in [0.29, 0.717) is 11.4 Å². The van der Waals surface area contributed by atoms with Crippen LogP contribution in [0, 0.1) is 18.3 Å². The van der Waals surface area contributed by atoms with Crippen molar-refractivity contribution in [1.82, 2.24) is 5.32 Å². The molecule has 1 amide bonds. The molecular weight excluding hydrogens is 374 g/mol. The number of carbonyl (C=O) groups excluding carboxylic acids is 1. The molecule has 4 rings (SSSR count). The number of rotatable bonds is 5. The van der Waals surface area contributed by atoms with Gasteiger partial charge in [0.1, 0.15) is 0 Å². The van der Waals surface area contributed by atoms with E-state index in [1.807, 2.05) is 6.92 Å². The Kier molecular flexibility index (Phi) is 4.89. The van der Waals surface area contributed by atoms with Crippen LogP contribution < -0.4 is 15.4 Å². The monoisotopic (exact) mass is 399 g/mol. The number of nitrogens with one attached hydrogen (secondary N) is 3. The highest BCUT2D eigenvalue weighted by molar-refractivity contribution is 7.92. The van der Waals surface area contributed by atoms with Gasteiger partial charge in [-0.1, -0.05) is 17.7 Å². The lowest BCUT2D eigenvalue weighted by Gasteiger charge is -2.23. The van der Waals surface area contributed by atoms with Gasteiger partial charge in [-0.3, -0.25) is 9.52 Å². The number of aryl methyl sites for hydroxylation is 1. The summed E-state index contributed by atoms with van der Waals surface area (Å²) in [5.41, 5.74) is 2.33. The average molecular weight is 400 g/mol. The minimum atomic E-state index is -3.63. The normalized spacial score (nSPS) is 20.5. The first-order valence-electron chi connectivity index (χ1n) is 9.59. The summed E-state index contributed by atoms with van der Waals surface area (Å²) in [6.45, 7) is 3.88. The molecule has 2 aliphatic rings. The lowest BCUT2D eigenvalue weighted by atomic mass is 9.92. The van der Waals surface area contributed by atoms with Crippen molar-refractivity contribution in [2.75, 3.05) is 23.1 Å². The minimum Gasteiger partial charge on any atom is -0.326 e. The first-order chi connectivity index (χ1) is 13.4. The molecule has 1 unspecified atom stereocenters. The van der Waals surface area contributed by atoms with E-state index in [-0.39, 0.29) is 22.1 Å². The number of anilines is 2. The molecule has 1 saturated heterocycles. The predicted octanol–water partition coefficient (Wildman–Crippen LogP) is 3.12. The first kappa shape index (κ1) is 19.0. The fourth-order valence-corrected chi connectivity index (χ4v) is 5.04. The van der Waals surface area contributed by atoms with Crippen LogP contribution in [0.5, 0.6) is 0 Å². The molecule has 2 aromatic rings. The van der Waals surface area contributed by atoms with Crippen LogP contribution in [0.1, 0.15) is 24.8 Å². The summed E-state index contributed by atoms with van der Waals surface area (Å²) < 4.78 is 27.5. The Morgan fingerprint density at radius 2 is 1.61 bits per heavy atom. The van der Waals surface area contributed by atoms with Gasteiger partial charge in [-0.2, -0.15) is 0 Å². The quantitative estimate of drug-likeness (QED) is 0.721. The Morgan fingerprint density at radius 1 is 1.00 bits per heavy atom. The first-order valence-corrected chi connectivity index (χ1v) is 11.1. The zero-order chi connectivity index (χ0) is 19.8. The van der Waals surface area contributed by atoms with Crippen molar-refractivity contribution in [2.24, 2.45) is 11.3 Å². The summed E-state index contributed by atoms with van der Waals surface area (Å²) in [7, 11) is -3.63. The molecule has 1 saturated carbocycles. The molecule has 0 aromatic heterocycles. The molecule has 0 bridgehead atoms. The van der Waals surface area contributed by atoms with E-state index in [2.05, 4.69) is 15.4 Å². The maximum atomic E-state index is 12.5. The molecule has 28 heavy (non-hydrogen) atoms. The summed E-state index contributed by atoms with van der Waals surface area (Å²) >= 11 is 0. The SMILES string of the molecule is Cc1ccc(S(=O)(=O)Nc2ccc(NC(=O)C3CC34CCNCC4)cc2)cc1. The average Bonchev–Trinajstić information content (AvgIpc) is 3.37. The van der Waals surface area contributed by atoms with Gasteiger partial charge in [0.25, 0.3) is 10.0 Å². The summed E-state index contributed by atoms with van der Waals surface area (Å²) in [5, 5.41) is 6.31. The van der Waals surface area contributed by atoms with Crippen LogP contribution >= 0.6 is 0 Å². The molecule has 7 heteroatoms. The maximum Gasteiger partial charge on any atom is 0.261 e. The molecule has 2 fully saturated rings. The second-order valence-corrected chi connectivity index (χ2v) is 9.54. The molecule has 1 atom stereocenters. The molecule has 0 radical (unpaired) electrons. The van der Waals surface area contributed by atoms with Gasteiger partial charge in [0.05, 0.1) is 4.90 Å². The summed E-state index contributed by atoms with van der Waals surface area (Å²) in [4.78, 5) is 12.8. The fourth-order valence-electron chi connectivity index (χ4n) is 3.98. The van der Waals surface area contributed by atoms with E-state index in [0.717, 1.165) is 37.9 Å². The van der Waals surface area contributed by atoms with Gasteiger partial charge in [0, 0.05) is 17.3 Å². The van der Waals surface area contributed by atoms with E-state index >= 15 is 0 Å². The number of amides is 1. The lowest BCUT2D eigenvalue weighted by Crippen LogP contribution is -2.31. The highest BCUT2D eigenvalue weighted by atomic mass is 32.2. The predicted molar refractivity (Wildman–Crippen MR) is 110 cm³/mol. The van der Waals surface area contributed by atoms with Crippen LogP contribution in [-0.4, -0.2) is 27.4 Å². The van der Waals surface area contributed by atoms with Crippen molar-refractivity contribution >= 4 is 27.3 Å². The lowest BCUT2D eigenvalue weighted by molar-refractivity contribution is -0.118. The second kappa shape index (κ2) is 7.22. The van der Waals surface area contributed by atoms with Crippen LogP contribution in [0.25, 0.3) is 0 Å². The third kappa shape index (κ3) is 3.91. The second-order valence-electron chi connectivity index (χ2n) is 7.85. The zero-order valence-corrected chi connectivity index (χ0v) is 16.7. The Morgan fingerprint density at radius 3 is 2.25 bits per heavy atom. The molecule has 3 N–H and O–H groups in total. The fraction of sp³-hybridized carbons (Fsp3) is 0.381. The van der Waals surface area contributed by atoms with Crippen LogP contribution in [0.3, 0.4) is 0 Å². The Balaban J connectivity index is 1.37. The molecular formula is C21H25N3O3S. The number of benzene rings is 2. The summed E-state index contributed by atoms with van der Waals surface area (Å²) in [6.07, 6.45) is 3.09. The van der Waals surface area contributed by atoms with Gasteiger partial charge in [-0.05, 0) is 81.1 Å². The zero-order valence-electron chi connectivity index (χ0n) is 15.9. The van der Waals surface area contributed by atoms with E-state index in [1.165, 1.54) is 0 Å². The van der Waals surface area contributed by atoms with Crippen molar-refractivity contribution < 1.29 is 13.2 Å². The van der Waals surface area contributed by atoms with Crippen LogP contribution in [-0.2, 0) is 14.8 Å². The van der Waals surface area contributed by atoms with Gasteiger partial charge in [0.2, 0.25) is 5.91 Å². The van der Waals surface area contributed by atoms with Crippen LogP contribution in [0.15, 0.2) is 53.4 Å². The summed E-state index contributed by atoms with van der Waals surface area (Å²) in [5.74, 6) is 0.157. The highest BCUT2D eigenvalue weighted by Crippen LogP contribution is 2.58. The van der Waals surface area contributed by atoms with Gasteiger partial charge in [-0.15, -0.1) is 0 Å². The number of carbonyl (C=O) groups is 1. The smallest absolute Gasteiger partial charge is 0.261 e. The van der Waals surface area contributed by atoms with Gasteiger partial charge in [-0.25, -0.2) is 8.42 Å². The maximum absolute atomic E-state index is 12.5. The Bertz CT molecular complexity index is 963. The standard InChI is InChI=1S/C21H25N3O3S/c1-15-2-8-18(9-3-15)28(26,27)24-17-6-4-16(5-7-17)23-20(25)19-14-21(19)10-12-22-13-11-21/h2-9,19,22,24H,10-14H2,1H3,(H,23,25). The van der Waals surface area contributed by atoms with E-state index < -0.39 is 10.0 Å². The largest absolute Gasteiger partial charge is 0.326 e. The molecule has 1 aliphatic carbocycles. The topological polar surface area (TPSA) is 87.3 Å². The van der Waals surface area contributed by atoms with Crippen molar-refractivity contribution in [1.29, 1.82) is 0 Å². The third-order valence-corrected chi connectivity index (χ3v) is 7.24. The molecule has 1 heterocycles. The number of piperidine rings is 1. The van der Waals surface area contributed by atoms with Gasteiger partial charge >= 0.3 is 0 Å². The van der Waals surface area contributed by atoms with Crippen molar-refractivity contribution in [2.45, 2.75) is 31.1 Å². The van der Waals surface area contributed by atoms with Crippen molar-refractivity contribution in [3.8, 4) is 0 Å². The molecule has 148 valence electrons. The van der Waals surface area contributed by atoms with Crippen molar-refractivity contribution in [3.05, 3.63) is 54.1 Å². The number of sulfonamides is 1. The van der Waals surface area contributed by atoms with Crippen molar-refractivity contribution in [3.63, 3.8) is 0 Å². The van der Waals surface area contributed by atoms with E-state index in [4.69, 9.17) is 0 Å². The van der Waals surface area contributed by atoms with Gasteiger partial charge in [0.15, 0.2) is 0 Å². The minimum absolute atomic E-state index is 0.0647. The highest BCUT2D eigenvalue weighted by Gasteiger charge is 2.57. The van der Waals surface area contributed by atoms with Crippen LogP contribution in [0.2, 0.25) is 0 Å². The third-order valence-electron chi connectivity index (χ3n) is 5.84. The molecule has 6 nitrogen and oxygen atoms in total. The number of hydrogen-bond donors (Lipinski definition) is 3. The molecule has 1 aliphatic heterocycles. The summed E-state index contributed by atoms with van der Waals surface area (Å²) in [6, 6.07) is 13.5. The molecule has 2 aromatic carbocycles. The Labute approximate surface area is 165 Å². The van der Waals surface area contributed by atoms with Gasteiger partial charge < -0.3 is 10.6 Å². The van der Waals surface area contributed by atoms with E-state index in [1.54, 1.807) is 48.5 Å². The Hall–Kier alpha value is -2.38. The van der Waals surface area contributed by atoms with Crippen LogP contribution in [0.4, 0.5) is 11.4 Å². The van der Waals surface area contributed by atoms with E-state index in [9.17, 15) is 13.2 Å². The molecule has 1 spiro atoms.